The second-order valence-electron chi connectivity index (χ2n) is 7.51. The number of nitrogens with two attached hydrogens (primary N) is 1. The van der Waals surface area contributed by atoms with Crippen LogP contribution in [0.4, 0.5) is 13.2 Å². The molecule has 0 unspecified atom stereocenters. The van der Waals surface area contributed by atoms with E-state index in [0.717, 1.165) is 37.1 Å². The van der Waals surface area contributed by atoms with Gasteiger partial charge in [0.1, 0.15) is 11.6 Å². The minimum absolute atomic E-state index is 0.154. The molecule has 33 heavy (non-hydrogen) atoms. The van der Waals surface area contributed by atoms with Crippen LogP contribution in [0.1, 0.15) is 57.3 Å². The number of benzene rings is 2. The van der Waals surface area contributed by atoms with E-state index in [9.17, 15) is 18.0 Å². The second kappa shape index (κ2) is 12.1. The van der Waals surface area contributed by atoms with Crippen LogP contribution in [0, 0.1) is 0 Å². The normalized spacial score (nSPS) is 12.2. The lowest BCUT2D eigenvalue weighted by atomic mass is 10.1. The number of Topliss-reactive ketones (excluding diaryl/α,β-unsaturated/α-hetero) is 1. The molecule has 2 aromatic carbocycles. The molecule has 1 aromatic heterocycles. The molecule has 3 aromatic rings. The number of hydrogen-bond acceptors (Lipinski definition) is 5. The fourth-order valence-electron chi connectivity index (χ4n) is 3.07. The van der Waals surface area contributed by atoms with Crippen LogP contribution < -0.4 is 5.73 Å². The molecule has 0 bridgehead atoms. The van der Waals surface area contributed by atoms with E-state index in [-0.39, 0.29) is 6.04 Å². The Balaban J connectivity index is 0.000000479. The molecule has 0 radical (unpaired) electrons. The van der Waals surface area contributed by atoms with Gasteiger partial charge in [0.2, 0.25) is 0 Å². The zero-order valence-electron chi connectivity index (χ0n) is 18.2. The largest absolute Gasteiger partial charge is 0.490 e. The van der Waals surface area contributed by atoms with Crippen molar-refractivity contribution in [2.75, 3.05) is 0 Å². The van der Waals surface area contributed by atoms with E-state index >= 15 is 0 Å². The van der Waals surface area contributed by atoms with Crippen LogP contribution in [0.3, 0.4) is 0 Å². The van der Waals surface area contributed by atoms with Crippen molar-refractivity contribution in [3.05, 3.63) is 48.3 Å². The lowest BCUT2D eigenvalue weighted by Crippen LogP contribution is -2.21. The fourth-order valence-corrected chi connectivity index (χ4v) is 3.07. The Kier molecular flexibility index (Phi) is 9.53. The number of nitrogens with zero attached hydrogens (tertiary/aromatic N) is 2. The predicted octanol–water partition coefficient (Wildman–Crippen LogP) is 5.19. The number of rotatable bonds is 9. The highest BCUT2D eigenvalue weighted by Gasteiger charge is 2.38. The Labute approximate surface area is 189 Å². The number of alkyl halides is 3. The van der Waals surface area contributed by atoms with Gasteiger partial charge in [-0.1, -0.05) is 56.2 Å². The minimum atomic E-state index is -5.08. The highest BCUT2D eigenvalue weighted by molar-refractivity contribution is 5.86. The summed E-state index contributed by atoms with van der Waals surface area (Å²) in [6.07, 6.45) is 0.0232. The summed E-state index contributed by atoms with van der Waals surface area (Å²) in [7, 11) is 0. The predicted molar refractivity (Wildman–Crippen MR) is 118 cm³/mol. The maximum atomic E-state index is 11.3. The van der Waals surface area contributed by atoms with Crippen LogP contribution in [0.25, 0.3) is 22.2 Å². The van der Waals surface area contributed by atoms with Crippen LogP contribution in [0.2, 0.25) is 0 Å². The van der Waals surface area contributed by atoms with Crippen molar-refractivity contribution in [1.82, 2.24) is 15.2 Å². The average Bonchev–Trinajstić information content (AvgIpc) is 3.28. The minimum Gasteiger partial charge on any atom is -0.475 e. The van der Waals surface area contributed by atoms with Crippen LogP contribution >= 0.6 is 0 Å². The smallest absolute Gasteiger partial charge is 0.475 e. The van der Waals surface area contributed by atoms with E-state index < -0.39 is 12.1 Å². The number of nitrogens with one attached hydrogen (secondary N) is 1. The molecule has 178 valence electrons. The number of aromatic amines is 1. The van der Waals surface area contributed by atoms with Crippen LogP contribution in [0.5, 0.6) is 0 Å². The molecule has 4 N–H and O–H groups in total. The molecule has 7 nitrogen and oxygen atoms in total. The molecule has 0 aliphatic rings. The van der Waals surface area contributed by atoms with Crippen molar-refractivity contribution < 1.29 is 27.9 Å². The monoisotopic (exact) mass is 464 g/mol. The van der Waals surface area contributed by atoms with E-state index in [0.29, 0.717) is 24.4 Å². The van der Waals surface area contributed by atoms with Gasteiger partial charge in [-0.2, -0.15) is 18.3 Å². The van der Waals surface area contributed by atoms with Gasteiger partial charge in [0.05, 0.1) is 6.04 Å². The lowest BCUT2D eigenvalue weighted by Gasteiger charge is -2.07. The quantitative estimate of drug-likeness (QED) is 0.375. The zero-order valence-corrected chi connectivity index (χ0v) is 18.2. The fraction of sp³-hybridized carbons (Fsp3) is 0.391. The van der Waals surface area contributed by atoms with Crippen molar-refractivity contribution >= 4 is 22.5 Å². The molecule has 1 heterocycles. The Morgan fingerprint density at radius 2 is 1.76 bits per heavy atom. The zero-order chi connectivity index (χ0) is 24.4. The molecule has 0 spiro atoms. The Morgan fingerprint density at radius 1 is 1.09 bits per heavy atom. The maximum Gasteiger partial charge on any atom is 0.490 e. The van der Waals surface area contributed by atoms with Gasteiger partial charge in [-0.25, -0.2) is 9.78 Å². The molecular weight excluding hydrogens is 437 g/mol. The summed E-state index contributed by atoms with van der Waals surface area (Å²) < 4.78 is 31.7. The third kappa shape index (κ3) is 8.30. The summed E-state index contributed by atoms with van der Waals surface area (Å²) in [5, 5.41) is 16.8. The number of halogens is 3. The van der Waals surface area contributed by atoms with Crippen molar-refractivity contribution in [2.24, 2.45) is 5.73 Å². The number of carbonyl (C=O) groups excluding carboxylic acids is 1. The summed E-state index contributed by atoms with van der Waals surface area (Å²) >= 11 is 0. The number of aromatic nitrogens is 3. The molecule has 10 heteroatoms. The van der Waals surface area contributed by atoms with Crippen LogP contribution in [-0.2, 0) is 9.59 Å². The van der Waals surface area contributed by atoms with Gasteiger partial charge in [0, 0.05) is 18.4 Å². The third-order valence-corrected chi connectivity index (χ3v) is 4.97. The first-order valence-electron chi connectivity index (χ1n) is 10.6. The summed E-state index contributed by atoms with van der Waals surface area (Å²) in [6, 6.07) is 14.3. The van der Waals surface area contributed by atoms with E-state index in [1.54, 1.807) is 0 Å². The number of hydrogen-bond donors (Lipinski definition) is 3. The van der Waals surface area contributed by atoms with Crippen LogP contribution in [0.15, 0.2) is 42.5 Å². The summed E-state index contributed by atoms with van der Waals surface area (Å²) in [5.74, 6) is -1.02. The molecule has 0 fully saturated rings. The van der Waals surface area contributed by atoms with Gasteiger partial charge in [-0.3, -0.25) is 9.89 Å². The molecule has 0 saturated heterocycles. The Hall–Kier alpha value is -3.27. The number of carbonyl (C=O) groups is 2. The number of unbranched alkanes of at least 4 members (excludes halogenated alkanes) is 2. The molecule has 0 saturated carbocycles. The molecule has 1 atom stereocenters. The van der Waals surface area contributed by atoms with Crippen molar-refractivity contribution in [3.63, 3.8) is 0 Å². The van der Waals surface area contributed by atoms with Gasteiger partial charge < -0.3 is 10.8 Å². The SMILES string of the molecule is CCC(=O)CCCCC[C@H](N)c1nc(-c2ccc3ccccc3c2)n[nH]1.O=C(O)C(F)(F)F. The van der Waals surface area contributed by atoms with E-state index in [4.69, 9.17) is 15.6 Å². The molecular formula is C23H27F3N4O3. The summed E-state index contributed by atoms with van der Waals surface area (Å²) in [5.41, 5.74) is 7.23. The van der Waals surface area contributed by atoms with E-state index in [1.165, 1.54) is 10.8 Å². The highest BCUT2D eigenvalue weighted by atomic mass is 19.4. The van der Waals surface area contributed by atoms with Crippen molar-refractivity contribution in [1.29, 1.82) is 0 Å². The van der Waals surface area contributed by atoms with Crippen LogP contribution in [-0.4, -0.2) is 38.2 Å². The standard InChI is InChI=1S/C21H26N4O.C2HF3O2/c1-2-18(26)10-4-3-5-11-19(22)21-23-20(24-25-21)17-13-12-15-8-6-7-9-16(15)14-17;3-2(4,5)1(6)7/h6-9,12-14,19H,2-5,10-11,22H2,1H3,(H,23,24,25);(H,6,7)/t19-;/m0./s1. The van der Waals surface area contributed by atoms with E-state index in [2.05, 4.69) is 39.4 Å². The second-order valence-corrected chi connectivity index (χ2v) is 7.51. The molecule has 0 aliphatic carbocycles. The first kappa shape index (κ1) is 26.0. The topological polar surface area (TPSA) is 122 Å². The van der Waals surface area contributed by atoms with Gasteiger partial charge in [0.15, 0.2) is 5.82 Å². The first-order valence-corrected chi connectivity index (χ1v) is 10.6. The number of fused-ring (bicyclic) bond motifs is 1. The van der Waals surface area contributed by atoms with Gasteiger partial charge in [0.25, 0.3) is 0 Å². The number of aliphatic carboxylic acids is 1. The van der Waals surface area contributed by atoms with Gasteiger partial charge in [-0.05, 0) is 29.7 Å². The molecule has 0 aliphatic heterocycles. The summed E-state index contributed by atoms with van der Waals surface area (Å²) in [6.45, 7) is 1.91. The Morgan fingerprint density at radius 3 is 2.39 bits per heavy atom. The number of carboxylic acid groups (broad SMARTS) is 1. The molecule has 0 amide bonds. The van der Waals surface area contributed by atoms with E-state index in [1.807, 2.05) is 25.1 Å². The molecule has 3 rings (SSSR count). The third-order valence-electron chi connectivity index (χ3n) is 4.97. The van der Waals surface area contributed by atoms with Gasteiger partial charge in [-0.15, -0.1) is 0 Å². The average molecular weight is 464 g/mol. The lowest BCUT2D eigenvalue weighted by molar-refractivity contribution is -0.192. The van der Waals surface area contributed by atoms with Gasteiger partial charge >= 0.3 is 12.1 Å². The van der Waals surface area contributed by atoms with Crippen molar-refractivity contribution in [3.8, 4) is 11.4 Å². The van der Waals surface area contributed by atoms with Crippen molar-refractivity contribution in [2.45, 2.75) is 57.7 Å². The number of ketones is 1. The Bertz CT molecular complexity index is 1070. The summed E-state index contributed by atoms with van der Waals surface area (Å²) in [4.78, 5) is 24.8. The number of carboxylic acids is 1. The highest BCUT2D eigenvalue weighted by Crippen LogP contribution is 2.23. The first-order chi connectivity index (χ1) is 15.6. The maximum absolute atomic E-state index is 11.3. The number of H-pyrrole nitrogens is 1.